The van der Waals surface area contributed by atoms with Crippen molar-refractivity contribution in [2.75, 3.05) is 31.1 Å². The van der Waals surface area contributed by atoms with Gasteiger partial charge >= 0.3 is 6.09 Å². The summed E-state index contributed by atoms with van der Waals surface area (Å²) in [6.07, 6.45) is 10.1. The summed E-state index contributed by atoms with van der Waals surface area (Å²) < 4.78 is 8.27. The van der Waals surface area contributed by atoms with Gasteiger partial charge in [-0.3, -0.25) is 0 Å². The monoisotopic (exact) mass is 485 g/mol. The van der Waals surface area contributed by atoms with Crippen molar-refractivity contribution in [2.24, 2.45) is 11.3 Å². The van der Waals surface area contributed by atoms with Gasteiger partial charge in [0.15, 0.2) is 0 Å². The summed E-state index contributed by atoms with van der Waals surface area (Å²) in [6, 6.07) is 9.66. The van der Waals surface area contributed by atoms with Gasteiger partial charge in [-0.25, -0.2) is 19.7 Å². The minimum Gasteiger partial charge on any atom is -0.441 e. The zero-order chi connectivity index (χ0) is 24.8. The molecular weight excluding hydrogens is 454 g/mol. The van der Waals surface area contributed by atoms with Gasteiger partial charge in [-0.05, 0) is 62.3 Å². The van der Waals surface area contributed by atoms with Crippen molar-refractivity contribution in [3.05, 3.63) is 48.5 Å². The molecule has 0 N–H and O–H groups in total. The van der Waals surface area contributed by atoms with Crippen molar-refractivity contribution in [3.63, 3.8) is 0 Å². The Bertz CT molecular complexity index is 1320. The maximum absolute atomic E-state index is 13.0. The van der Waals surface area contributed by atoms with Crippen molar-refractivity contribution in [1.82, 2.24) is 24.4 Å². The van der Waals surface area contributed by atoms with Crippen LogP contribution in [0.15, 0.2) is 43.0 Å². The fourth-order valence-corrected chi connectivity index (χ4v) is 6.44. The van der Waals surface area contributed by atoms with Crippen molar-refractivity contribution in [1.29, 1.82) is 5.26 Å². The van der Waals surface area contributed by atoms with E-state index in [1.165, 1.54) is 0 Å². The van der Waals surface area contributed by atoms with E-state index < -0.39 is 5.60 Å². The third kappa shape index (κ3) is 4.25. The average molecular weight is 486 g/mol. The summed E-state index contributed by atoms with van der Waals surface area (Å²) in [4.78, 5) is 30.5. The molecule has 2 saturated heterocycles. The highest BCUT2D eigenvalue weighted by molar-refractivity contribution is 5.77. The van der Waals surface area contributed by atoms with Gasteiger partial charge in [0.1, 0.15) is 5.60 Å². The van der Waals surface area contributed by atoms with E-state index in [9.17, 15) is 10.1 Å². The number of aromatic nitrogens is 4. The predicted octanol–water partition coefficient (Wildman–Crippen LogP) is 4.00. The Morgan fingerprint density at radius 3 is 2.89 bits per heavy atom. The standard InChI is InChI=1S/C27H31N7O2/c1-26(8-11-32(16-26)24-29-9-3-10-30-24)17-34-18-27(36-25(34)35)7-2-4-21(13-27)15-33-19-31-22-6-5-20(14-28)12-23(22)33/h3,5-6,9-10,12,19,21H,2,4,7-8,11,13,15-18H2,1H3/t21-,26?,27-/m0/s1. The lowest BCUT2D eigenvalue weighted by atomic mass is 9.77. The second-order valence-electron chi connectivity index (χ2n) is 11.1. The number of benzene rings is 1. The highest BCUT2D eigenvalue weighted by atomic mass is 16.6. The van der Waals surface area contributed by atoms with Crippen LogP contribution < -0.4 is 4.90 Å². The van der Waals surface area contributed by atoms with E-state index in [-0.39, 0.29) is 11.5 Å². The summed E-state index contributed by atoms with van der Waals surface area (Å²) in [5, 5.41) is 9.29. The molecule has 186 valence electrons. The minimum absolute atomic E-state index is 0.0218. The lowest BCUT2D eigenvalue weighted by Gasteiger charge is -2.36. The molecular formula is C27H31N7O2. The number of rotatable bonds is 5. The van der Waals surface area contributed by atoms with Crippen molar-refractivity contribution in [2.45, 2.75) is 51.2 Å². The Hall–Kier alpha value is -3.67. The van der Waals surface area contributed by atoms with Gasteiger partial charge in [-0.1, -0.05) is 6.92 Å². The van der Waals surface area contributed by atoms with Crippen LogP contribution in [0.1, 0.15) is 44.6 Å². The molecule has 2 aliphatic heterocycles. The molecule has 6 rings (SSSR count). The third-order valence-electron chi connectivity index (χ3n) is 8.12. The summed E-state index contributed by atoms with van der Waals surface area (Å²) >= 11 is 0. The van der Waals surface area contributed by atoms with E-state index in [1.807, 2.05) is 29.4 Å². The molecule has 36 heavy (non-hydrogen) atoms. The van der Waals surface area contributed by atoms with Gasteiger partial charge in [0.2, 0.25) is 5.95 Å². The number of nitriles is 1. The smallest absolute Gasteiger partial charge is 0.410 e. The predicted molar refractivity (Wildman–Crippen MR) is 134 cm³/mol. The number of hydrogen-bond acceptors (Lipinski definition) is 7. The summed E-state index contributed by atoms with van der Waals surface area (Å²) in [5.74, 6) is 1.15. The maximum atomic E-state index is 13.0. The number of ether oxygens (including phenoxy) is 1. The number of nitrogens with zero attached hydrogens (tertiary/aromatic N) is 7. The first kappa shape index (κ1) is 22.8. The van der Waals surface area contributed by atoms with Gasteiger partial charge in [-0.15, -0.1) is 0 Å². The molecule has 3 aromatic rings. The van der Waals surface area contributed by atoms with Gasteiger partial charge < -0.3 is 19.1 Å². The topological polar surface area (TPSA) is 100 Å². The number of fused-ring (bicyclic) bond motifs is 1. The van der Waals surface area contributed by atoms with Crippen LogP contribution in [-0.2, 0) is 11.3 Å². The minimum atomic E-state index is -0.411. The van der Waals surface area contributed by atoms with Crippen molar-refractivity contribution in [3.8, 4) is 6.07 Å². The summed E-state index contributed by atoms with van der Waals surface area (Å²) in [6.45, 7) is 6.12. The number of amides is 1. The molecule has 0 radical (unpaired) electrons. The molecule has 3 fully saturated rings. The molecule has 1 spiro atoms. The van der Waals surface area contributed by atoms with E-state index in [0.717, 1.165) is 68.7 Å². The maximum Gasteiger partial charge on any atom is 0.410 e. The molecule has 9 heteroatoms. The Labute approximate surface area is 210 Å². The first-order valence-corrected chi connectivity index (χ1v) is 12.8. The average Bonchev–Trinajstić information content (AvgIpc) is 3.55. The van der Waals surface area contributed by atoms with E-state index in [1.54, 1.807) is 18.5 Å². The Morgan fingerprint density at radius 2 is 2.06 bits per heavy atom. The van der Waals surface area contributed by atoms with Crippen molar-refractivity contribution >= 4 is 23.1 Å². The number of carbonyl (C=O) groups excluding carboxylic acids is 1. The zero-order valence-corrected chi connectivity index (χ0v) is 20.6. The number of carbonyl (C=O) groups is 1. The molecule has 1 saturated carbocycles. The van der Waals surface area contributed by atoms with Crippen LogP contribution >= 0.6 is 0 Å². The SMILES string of the molecule is CC1(CN2C[C@@]3(CCC[C@H](Cn4cnc5ccc(C#N)cc54)C3)OC2=O)CCN(c2ncccn2)C1. The fourth-order valence-electron chi connectivity index (χ4n) is 6.44. The van der Waals surface area contributed by atoms with Crippen LogP contribution in [0.25, 0.3) is 11.0 Å². The van der Waals surface area contributed by atoms with Crippen LogP contribution in [0.4, 0.5) is 10.7 Å². The Kier molecular flexibility index (Phi) is 5.55. The molecule has 1 amide bonds. The summed E-state index contributed by atoms with van der Waals surface area (Å²) in [5.41, 5.74) is 2.09. The largest absolute Gasteiger partial charge is 0.441 e. The molecule has 0 bridgehead atoms. The zero-order valence-electron chi connectivity index (χ0n) is 20.6. The Morgan fingerprint density at radius 1 is 1.19 bits per heavy atom. The molecule has 1 unspecified atom stereocenters. The van der Waals surface area contributed by atoms with Crippen LogP contribution in [0.2, 0.25) is 0 Å². The van der Waals surface area contributed by atoms with Crippen LogP contribution in [-0.4, -0.2) is 62.3 Å². The molecule has 2 aromatic heterocycles. The first-order chi connectivity index (χ1) is 17.4. The molecule has 9 nitrogen and oxygen atoms in total. The highest BCUT2D eigenvalue weighted by Gasteiger charge is 2.50. The number of hydrogen-bond donors (Lipinski definition) is 0. The molecule has 4 heterocycles. The molecule has 3 atom stereocenters. The third-order valence-corrected chi connectivity index (χ3v) is 8.12. The van der Waals surface area contributed by atoms with Gasteiger partial charge in [0, 0.05) is 44.0 Å². The molecule has 3 aliphatic rings. The lowest BCUT2D eigenvalue weighted by molar-refractivity contribution is 0.00412. The summed E-state index contributed by atoms with van der Waals surface area (Å²) in [7, 11) is 0. The quantitative estimate of drug-likeness (QED) is 0.538. The lowest BCUT2D eigenvalue weighted by Crippen LogP contribution is -2.43. The Balaban J connectivity index is 1.12. The second kappa shape index (κ2) is 8.77. The molecule has 1 aromatic carbocycles. The van der Waals surface area contributed by atoms with Crippen molar-refractivity contribution < 1.29 is 9.53 Å². The first-order valence-electron chi connectivity index (χ1n) is 12.8. The number of anilines is 1. The fraction of sp³-hybridized carbons (Fsp3) is 0.519. The normalized spacial score (nSPS) is 28.1. The van der Waals surface area contributed by atoms with Crippen LogP contribution in [0.3, 0.4) is 0 Å². The number of imidazole rings is 1. The van der Waals surface area contributed by atoms with Crippen LogP contribution in [0, 0.1) is 22.7 Å². The molecule has 1 aliphatic carbocycles. The van der Waals surface area contributed by atoms with E-state index in [2.05, 4.69) is 37.4 Å². The van der Waals surface area contributed by atoms with E-state index in [4.69, 9.17) is 4.74 Å². The van der Waals surface area contributed by atoms with E-state index >= 15 is 0 Å². The van der Waals surface area contributed by atoms with Crippen LogP contribution in [0.5, 0.6) is 0 Å². The van der Waals surface area contributed by atoms with E-state index in [0.29, 0.717) is 24.6 Å². The van der Waals surface area contributed by atoms with Gasteiger partial charge in [0.05, 0.1) is 35.5 Å². The van der Waals surface area contributed by atoms with Gasteiger partial charge in [-0.2, -0.15) is 5.26 Å². The highest BCUT2D eigenvalue weighted by Crippen LogP contribution is 2.42. The van der Waals surface area contributed by atoms with Gasteiger partial charge in [0.25, 0.3) is 0 Å². The second-order valence-corrected chi connectivity index (χ2v) is 11.1.